The van der Waals surface area contributed by atoms with Crippen LogP contribution in [0.15, 0.2) is 71.6 Å². The Hall–Kier alpha value is -3.13. The molecule has 0 bridgehead atoms. The van der Waals surface area contributed by atoms with Crippen molar-refractivity contribution in [1.29, 1.82) is 0 Å². The van der Waals surface area contributed by atoms with Crippen LogP contribution in [0.3, 0.4) is 0 Å². The second kappa shape index (κ2) is 8.67. The highest BCUT2D eigenvalue weighted by Gasteiger charge is 2.21. The summed E-state index contributed by atoms with van der Waals surface area (Å²) >= 11 is 12.2. The highest BCUT2D eigenvalue weighted by molar-refractivity contribution is 7.92. The number of hydrogen-bond donors (Lipinski definition) is 2. The SMILES string of the molecule is Cc1cc(S(=O)(=O)Nc2ccc(-c3cc(C(=O)O)ccc3F)c3ccccc23)c(Cl)cc1Cl. The zero-order valence-corrected chi connectivity index (χ0v) is 19.4. The molecule has 9 heteroatoms. The van der Waals surface area contributed by atoms with Gasteiger partial charge in [-0.15, -0.1) is 0 Å². The molecule has 0 spiro atoms. The molecular weight excluding hydrogens is 488 g/mol. The van der Waals surface area contributed by atoms with Crippen molar-refractivity contribution in [2.45, 2.75) is 11.8 Å². The summed E-state index contributed by atoms with van der Waals surface area (Å²) in [6, 6.07) is 16.1. The van der Waals surface area contributed by atoms with E-state index in [9.17, 15) is 22.7 Å². The summed E-state index contributed by atoms with van der Waals surface area (Å²) in [6.45, 7) is 1.67. The summed E-state index contributed by atoms with van der Waals surface area (Å²) in [5.74, 6) is -1.78. The Bertz CT molecular complexity index is 1540. The highest BCUT2D eigenvalue weighted by atomic mass is 35.5. The molecule has 4 aromatic carbocycles. The molecule has 0 fully saturated rings. The van der Waals surface area contributed by atoms with Gasteiger partial charge in [0, 0.05) is 16.0 Å². The quantitative estimate of drug-likeness (QED) is 0.315. The lowest BCUT2D eigenvalue weighted by molar-refractivity contribution is 0.0697. The van der Waals surface area contributed by atoms with Crippen molar-refractivity contribution in [2.75, 3.05) is 4.72 Å². The zero-order chi connectivity index (χ0) is 23.9. The molecule has 0 unspecified atom stereocenters. The number of halogens is 3. The first kappa shape index (κ1) is 23.0. The van der Waals surface area contributed by atoms with Crippen LogP contribution in [0.5, 0.6) is 0 Å². The lowest BCUT2D eigenvalue weighted by atomic mass is 9.95. The van der Waals surface area contributed by atoms with Crippen molar-refractivity contribution in [3.63, 3.8) is 0 Å². The maximum absolute atomic E-state index is 14.6. The van der Waals surface area contributed by atoms with Crippen LogP contribution in [0.1, 0.15) is 15.9 Å². The molecule has 33 heavy (non-hydrogen) atoms. The summed E-state index contributed by atoms with van der Waals surface area (Å²) in [5, 5.41) is 10.6. The lowest BCUT2D eigenvalue weighted by Crippen LogP contribution is -2.14. The number of carboxylic acid groups (broad SMARTS) is 1. The molecule has 5 nitrogen and oxygen atoms in total. The Kier molecular flexibility index (Phi) is 6.05. The predicted octanol–water partition coefficient (Wildman–Crippen LogP) is 6.76. The van der Waals surface area contributed by atoms with Crippen LogP contribution < -0.4 is 4.72 Å². The van der Waals surface area contributed by atoms with E-state index >= 15 is 0 Å². The minimum absolute atomic E-state index is 0.0217. The summed E-state index contributed by atoms with van der Waals surface area (Å²) in [7, 11) is -4.07. The van der Waals surface area contributed by atoms with E-state index in [0.717, 1.165) is 6.07 Å². The Morgan fingerprint density at radius 3 is 2.30 bits per heavy atom. The molecule has 0 amide bonds. The number of hydrogen-bond acceptors (Lipinski definition) is 3. The lowest BCUT2D eigenvalue weighted by Gasteiger charge is -2.15. The summed E-state index contributed by atoms with van der Waals surface area (Å²) in [5.41, 5.74) is 1.27. The molecule has 0 saturated heterocycles. The number of aromatic carboxylic acids is 1. The van der Waals surface area contributed by atoms with Gasteiger partial charge >= 0.3 is 5.97 Å². The van der Waals surface area contributed by atoms with Gasteiger partial charge in [0.15, 0.2) is 0 Å². The van der Waals surface area contributed by atoms with Crippen molar-refractivity contribution >= 4 is 55.7 Å². The molecule has 0 saturated carbocycles. The number of carbonyl (C=O) groups is 1. The number of benzene rings is 4. The standard InChI is InChI=1S/C24H16Cl2FNO4S/c1-13-10-23(20(26)12-19(13)25)33(31,32)28-22-9-7-16(15-4-2-3-5-17(15)22)18-11-14(24(29)30)6-8-21(18)27/h2-12,28H,1H3,(H,29,30). The van der Waals surface area contributed by atoms with E-state index in [-0.39, 0.29) is 26.7 Å². The summed E-state index contributed by atoms with van der Waals surface area (Å²) < 4.78 is 43.4. The Morgan fingerprint density at radius 2 is 1.61 bits per heavy atom. The molecule has 0 heterocycles. The molecule has 0 aromatic heterocycles. The van der Waals surface area contributed by atoms with Crippen molar-refractivity contribution in [3.05, 3.63) is 93.7 Å². The van der Waals surface area contributed by atoms with Crippen LogP contribution in [0.4, 0.5) is 10.1 Å². The monoisotopic (exact) mass is 503 g/mol. The number of rotatable bonds is 5. The van der Waals surface area contributed by atoms with Gasteiger partial charge in [-0.1, -0.05) is 53.5 Å². The predicted molar refractivity (Wildman–Crippen MR) is 128 cm³/mol. The molecule has 0 aliphatic heterocycles. The Labute approximate surface area is 199 Å². The molecule has 4 rings (SSSR count). The first-order valence-electron chi connectivity index (χ1n) is 9.62. The molecule has 0 aliphatic carbocycles. The van der Waals surface area contributed by atoms with Gasteiger partial charge in [0.25, 0.3) is 10.0 Å². The molecule has 0 atom stereocenters. The van der Waals surface area contributed by atoms with Gasteiger partial charge in [-0.05, 0) is 59.8 Å². The smallest absolute Gasteiger partial charge is 0.335 e. The van der Waals surface area contributed by atoms with Gasteiger partial charge in [-0.2, -0.15) is 0 Å². The van der Waals surface area contributed by atoms with E-state index in [1.54, 1.807) is 37.3 Å². The van der Waals surface area contributed by atoms with Gasteiger partial charge in [-0.3, -0.25) is 4.72 Å². The van der Waals surface area contributed by atoms with Crippen molar-refractivity contribution < 1.29 is 22.7 Å². The largest absolute Gasteiger partial charge is 0.478 e. The third kappa shape index (κ3) is 4.39. The van der Waals surface area contributed by atoms with Crippen molar-refractivity contribution in [2.24, 2.45) is 0 Å². The highest BCUT2D eigenvalue weighted by Crippen LogP contribution is 2.37. The number of aryl methyl sites for hydroxylation is 1. The van der Waals surface area contributed by atoms with Gasteiger partial charge < -0.3 is 5.11 Å². The number of nitrogens with one attached hydrogen (secondary N) is 1. The van der Waals surface area contributed by atoms with Crippen LogP contribution in [-0.2, 0) is 10.0 Å². The van der Waals surface area contributed by atoms with E-state index in [2.05, 4.69) is 4.72 Å². The van der Waals surface area contributed by atoms with E-state index in [1.807, 2.05) is 0 Å². The molecule has 4 aromatic rings. The summed E-state index contributed by atoms with van der Waals surface area (Å²) in [6.07, 6.45) is 0. The normalized spacial score (nSPS) is 11.5. The van der Waals surface area contributed by atoms with E-state index in [1.165, 1.54) is 30.3 Å². The van der Waals surface area contributed by atoms with Crippen LogP contribution in [0, 0.1) is 12.7 Å². The minimum Gasteiger partial charge on any atom is -0.478 e. The van der Waals surface area contributed by atoms with E-state index < -0.39 is 21.8 Å². The first-order chi connectivity index (χ1) is 15.6. The van der Waals surface area contributed by atoms with Crippen LogP contribution in [0.25, 0.3) is 21.9 Å². The van der Waals surface area contributed by atoms with Crippen LogP contribution >= 0.6 is 23.2 Å². The third-order valence-electron chi connectivity index (χ3n) is 5.17. The van der Waals surface area contributed by atoms with Gasteiger partial charge in [0.1, 0.15) is 10.7 Å². The second-order valence-corrected chi connectivity index (χ2v) is 9.81. The van der Waals surface area contributed by atoms with Crippen LogP contribution in [-0.4, -0.2) is 19.5 Å². The minimum atomic E-state index is -4.07. The fourth-order valence-electron chi connectivity index (χ4n) is 3.52. The van der Waals surface area contributed by atoms with Gasteiger partial charge in [0.05, 0.1) is 16.3 Å². The molecule has 2 N–H and O–H groups in total. The van der Waals surface area contributed by atoms with Crippen molar-refractivity contribution in [1.82, 2.24) is 0 Å². The fraction of sp³-hybridized carbons (Fsp3) is 0.0417. The van der Waals surface area contributed by atoms with Gasteiger partial charge in [-0.25, -0.2) is 17.6 Å². The third-order valence-corrected chi connectivity index (χ3v) is 7.41. The maximum Gasteiger partial charge on any atom is 0.335 e. The second-order valence-electron chi connectivity index (χ2n) is 7.34. The topological polar surface area (TPSA) is 83.5 Å². The number of anilines is 1. The Balaban J connectivity index is 1.86. The summed E-state index contributed by atoms with van der Waals surface area (Å²) in [4.78, 5) is 11.2. The van der Waals surface area contributed by atoms with E-state index in [4.69, 9.17) is 23.2 Å². The average molecular weight is 504 g/mol. The number of fused-ring (bicyclic) bond motifs is 1. The maximum atomic E-state index is 14.6. The van der Waals surface area contributed by atoms with E-state index in [0.29, 0.717) is 26.9 Å². The molecular formula is C24H16Cl2FNO4S. The van der Waals surface area contributed by atoms with Crippen molar-refractivity contribution in [3.8, 4) is 11.1 Å². The van der Waals surface area contributed by atoms with Crippen LogP contribution in [0.2, 0.25) is 10.0 Å². The fourth-order valence-corrected chi connectivity index (χ4v) is 5.44. The number of carboxylic acids is 1. The van der Waals surface area contributed by atoms with Gasteiger partial charge in [0.2, 0.25) is 0 Å². The first-order valence-corrected chi connectivity index (χ1v) is 11.9. The molecule has 0 radical (unpaired) electrons. The molecule has 0 aliphatic rings. The average Bonchev–Trinajstić information content (AvgIpc) is 2.76. The molecule has 168 valence electrons. The Morgan fingerprint density at radius 1 is 0.909 bits per heavy atom. The zero-order valence-electron chi connectivity index (χ0n) is 17.1. The number of sulfonamides is 1.